The van der Waals surface area contributed by atoms with E-state index in [4.69, 9.17) is 4.74 Å². The summed E-state index contributed by atoms with van der Waals surface area (Å²) in [6.07, 6.45) is -6.88. The fraction of sp³-hybridized carbons (Fsp3) is 0.923. The summed E-state index contributed by atoms with van der Waals surface area (Å²) in [7, 11) is 0. The standard InChI is InChI=1S/C13H20F5NO3/c1-2-3-8-22-10(20)19-9-4-6-11(21,7-5-9)12(14,15)13(16,17)18/h9,21H,2-8H2,1H3,(H,19,20). The molecule has 0 unspecified atom stereocenters. The van der Waals surface area contributed by atoms with Crippen LogP contribution in [-0.4, -0.2) is 41.5 Å². The molecule has 1 amide bonds. The van der Waals surface area contributed by atoms with Gasteiger partial charge in [0.05, 0.1) is 6.61 Å². The summed E-state index contributed by atoms with van der Waals surface area (Å²) in [5.74, 6) is -5.17. The maximum absolute atomic E-state index is 13.3. The lowest BCUT2D eigenvalue weighted by atomic mass is 9.77. The van der Waals surface area contributed by atoms with Gasteiger partial charge in [-0.1, -0.05) is 13.3 Å². The van der Waals surface area contributed by atoms with Gasteiger partial charge in [0.2, 0.25) is 0 Å². The zero-order valence-electron chi connectivity index (χ0n) is 12.2. The van der Waals surface area contributed by atoms with Gasteiger partial charge in [-0.25, -0.2) is 4.79 Å². The summed E-state index contributed by atoms with van der Waals surface area (Å²) in [6, 6.07) is -0.585. The molecule has 4 nitrogen and oxygen atoms in total. The van der Waals surface area contributed by atoms with Gasteiger partial charge in [0, 0.05) is 6.04 Å². The number of halogens is 5. The zero-order chi connectivity index (χ0) is 17.0. The summed E-state index contributed by atoms with van der Waals surface area (Å²) in [5.41, 5.74) is -3.13. The Kier molecular flexibility index (Phi) is 6.00. The Labute approximate surface area is 125 Å². The predicted octanol–water partition coefficient (Wildman–Crippen LogP) is 3.38. The molecule has 1 saturated carbocycles. The maximum atomic E-state index is 13.3. The van der Waals surface area contributed by atoms with Gasteiger partial charge in [-0.3, -0.25) is 0 Å². The molecule has 0 saturated heterocycles. The van der Waals surface area contributed by atoms with E-state index in [1.54, 1.807) is 0 Å². The van der Waals surface area contributed by atoms with Crippen molar-refractivity contribution in [1.29, 1.82) is 0 Å². The molecule has 0 aromatic carbocycles. The fourth-order valence-corrected chi connectivity index (χ4v) is 2.34. The molecule has 0 aliphatic heterocycles. The SMILES string of the molecule is CCCCOC(=O)NC1CCC(O)(C(F)(F)C(F)(F)F)CC1. The van der Waals surface area contributed by atoms with Gasteiger partial charge >= 0.3 is 18.2 Å². The summed E-state index contributed by atoms with van der Waals surface area (Å²) >= 11 is 0. The largest absolute Gasteiger partial charge is 0.456 e. The van der Waals surface area contributed by atoms with Gasteiger partial charge in [0.25, 0.3) is 0 Å². The molecular formula is C13H20F5NO3. The molecule has 9 heteroatoms. The topological polar surface area (TPSA) is 58.6 Å². The van der Waals surface area contributed by atoms with Gasteiger partial charge < -0.3 is 15.2 Å². The van der Waals surface area contributed by atoms with Crippen molar-refractivity contribution in [1.82, 2.24) is 5.32 Å². The first-order chi connectivity index (χ1) is 10.0. The molecule has 0 atom stereocenters. The van der Waals surface area contributed by atoms with Gasteiger partial charge in [-0.05, 0) is 32.1 Å². The van der Waals surface area contributed by atoms with Crippen LogP contribution in [-0.2, 0) is 4.74 Å². The van der Waals surface area contributed by atoms with Crippen LogP contribution in [0.1, 0.15) is 45.4 Å². The fourth-order valence-electron chi connectivity index (χ4n) is 2.34. The number of rotatable bonds is 5. The second kappa shape index (κ2) is 6.97. The highest BCUT2D eigenvalue weighted by atomic mass is 19.4. The highest BCUT2D eigenvalue weighted by Crippen LogP contribution is 2.49. The van der Waals surface area contributed by atoms with Crippen LogP contribution in [0.3, 0.4) is 0 Å². The monoisotopic (exact) mass is 333 g/mol. The smallest absolute Gasteiger partial charge is 0.450 e. The molecule has 22 heavy (non-hydrogen) atoms. The molecular weight excluding hydrogens is 313 g/mol. The van der Waals surface area contributed by atoms with E-state index in [-0.39, 0.29) is 19.4 Å². The Hall–Kier alpha value is -1.12. The highest BCUT2D eigenvalue weighted by Gasteiger charge is 2.69. The number of ether oxygens (including phenoxy) is 1. The molecule has 1 fully saturated rings. The molecule has 0 spiro atoms. The van der Waals surface area contributed by atoms with Crippen LogP contribution >= 0.6 is 0 Å². The molecule has 0 heterocycles. The zero-order valence-corrected chi connectivity index (χ0v) is 12.2. The van der Waals surface area contributed by atoms with Gasteiger partial charge in [-0.15, -0.1) is 0 Å². The van der Waals surface area contributed by atoms with E-state index in [1.165, 1.54) is 0 Å². The number of carbonyl (C=O) groups excluding carboxylic acids is 1. The van der Waals surface area contributed by atoms with E-state index in [0.29, 0.717) is 6.42 Å². The molecule has 130 valence electrons. The van der Waals surface area contributed by atoms with Crippen molar-refractivity contribution >= 4 is 6.09 Å². The lowest BCUT2D eigenvalue weighted by Crippen LogP contribution is -2.59. The minimum atomic E-state index is -5.80. The van der Waals surface area contributed by atoms with Crippen LogP contribution in [0.25, 0.3) is 0 Å². The van der Waals surface area contributed by atoms with Crippen molar-refractivity contribution in [2.45, 2.75) is 69.2 Å². The Balaban J connectivity index is 2.51. The van der Waals surface area contributed by atoms with Crippen molar-refractivity contribution in [2.24, 2.45) is 0 Å². The highest BCUT2D eigenvalue weighted by molar-refractivity contribution is 5.67. The summed E-state index contributed by atoms with van der Waals surface area (Å²) in [4.78, 5) is 11.4. The number of hydrogen-bond donors (Lipinski definition) is 2. The minimum Gasteiger partial charge on any atom is -0.450 e. The quantitative estimate of drug-likeness (QED) is 0.599. The normalized spacial score (nSPS) is 26.6. The number of hydrogen-bond acceptors (Lipinski definition) is 3. The lowest BCUT2D eigenvalue weighted by molar-refractivity contribution is -0.347. The predicted molar refractivity (Wildman–Crippen MR) is 67.6 cm³/mol. The van der Waals surface area contributed by atoms with Crippen molar-refractivity contribution in [3.05, 3.63) is 0 Å². The Bertz CT molecular complexity index is 378. The van der Waals surface area contributed by atoms with E-state index in [2.05, 4.69) is 5.32 Å². The Morgan fingerprint density at radius 1 is 1.27 bits per heavy atom. The number of alkyl halides is 5. The van der Waals surface area contributed by atoms with Crippen LogP contribution in [0, 0.1) is 0 Å². The van der Waals surface area contributed by atoms with E-state index < -0.39 is 42.7 Å². The number of aliphatic hydroxyl groups is 1. The first kappa shape index (κ1) is 18.9. The molecule has 0 radical (unpaired) electrons. The first-order valence-electron chi connectivity index (χ1n) is 7.13. The van der Waals surface area contributed by atoms with Crippen LogP contribution in [0.15, 0.2) is 0 Å². The molecule has 0 aromatic rings. The van der Waals surface area contributed by atoms with Crippen LogP contribution in [0.2, 0.25) is 0 Å². The van der Waals surface area contributed by atoms with Gasteiger partial charge in [0.1, 0.15) is 5.60 Å². The van der Waals surface area contributed by atoms with E-state index in [9.17, 15) is 31.9 Å². The maximum Gasteiger partial charge on any atom is 0.456 e. The molecule has 2 N–H and O–H groups in total. The van der Waals surface area contributed by atoms with Crippen molar-refractivity contribution in [3.63, 3.8) is 0 Å². The number of amides is 1. The second-order valence-electron chi connectivity index (χ2n) is 5.51. The van der Waals surface area contributed by atoms with E-state index in [1.807, 2.05) is 6.92 Å². The number of unbranched alkanes of at least 4 members (excludes halogenated alkanes) is 1. The van der Waals surface area contributed by atoms with Crippen molar-refractivity contribution < 1.29 is 36.6 Å². The average Bonchev–Trinajstić information content (AvgIpc) is 2.40. The molecule has 0 aromatic heterocycles. The van der Waals surface area contributed by atoms with E-state index >= 15 is 0 Å². The van der Waals surface area contributed by atoms with Crippen LogP contribution in [0.5, 0.6) is 0 Å². The molecule has 1 rings (SSSR count). The average molecular weight is 333 g/mol. The van der Waals surface area contributed by atoms with Crippen LogP contribution < -0.4 is 5.32 Å². The number of carbonyl (C=O) groups is 1. The second-order valence-corrected chi connectivity index (χ2v) is 5.51. The Morgan fingerprint density at radius 2 is 1.82 bits per heavy atom. The van der Waals surface area contributed by atoms with Gasteiger partial charge in [0.15, 0.2) is 0 Å². The molecule has 1 aliphatic rings. The third-order valence-corrected chi connectivity index (χ3v) is 3.81. The summed E-state index contributed by atoms with van der Waals surface area (Å²) < 4.78 is 68.5. The van der Waals surface area contributed by atoms with Crippen molar-refractivity contribution in [2.75, 3.05) is 6.61 Å². The van der Waals surface area contributed by atoms with Gasteiger partial charge in [-0.2, -0.15) is 22.0 Å². The lowest BCUT2D eigenvalue weighted by Gasteiger charge is -2.41. The number of alkyl carbamates (subject to hydrolysis) is 1. The first-order valence-corrected chi connectivity index (χ1v) is 7.13. The Morgan fingerprint density at radius 3 is 2.27 bits per heavy atom. The van der Waals surface area contributed by atoms with Crippen LogP contribution in [0.4, 0.5) is 26.7 Å². The third-order valence-electron chi connectivity index (χ3n) is 3.81. The van der Waals surface area contributed by atoms with Crippen molar-refractivity contribution in [3.8, 4) is 0 Å². The molecule has 1 aliphatic carbocycles. The summed E-state index contributed by atoms with van der Waals surface area (Å²) in [6.45, 7) is 2.12. The number of nitrogens with one attached hydrogen (secondary N) is 1. The minimum absolute atomic E-state index is 0.176. The molecule has 0 bridgehead atoms. The summed E-state index contributed by atoms with van der Waals surface area (Å²) in [5, 5.41) is 12.1. The van der Waals surface area contributed by atoms with E-state index in [0.717, 1.165) is 6.42 Å². The third kappa shape index (κ3) is 4.21.